The fourth-order valence-electron chi connectivity index (χ4n) is 0.957. The van der Waals surface area contributed by atoms with Gasteiger partial charge in [0.05, 0.1) is 0 Å². The third kappa shape index (κ3) is 2.33. The Labute approximate surface area is 81.5 Å². The smallest absolute Gasteiger partial charge is 0.0139 e. The lowest BCUT2D eigenvalue weighted by Gasteiger charge is -1.99. The molecule has 1 radical (unpaired) electrons. The second kappa shape index (κ2) is 3.90. The number of halogens is 1. The fourth-order valence-corrected chi connectivity index (χ4v) is 1.69. The van der Waals surface area contributed by atoms with Gasteiger partial charge < -0.3 is 0 Å². The highest BCUT2D eigenvalue weighted by Gasteiger charge is 1.94. The van der Waals surface area contributed by atoms with Gasteiger partial charge in [0.2, 0.25) is 0 Å². The second-order valence-electron chi connectivity index (χ2n) is 2.38. The van der Waals surface area contributed by atoms with Crippen LogP contribution in [0.3, 0.4) is 0 Å². The van der Waals surface area contributed by atoms with Gasteiger partial charge in [0.25, 0.3) is 0 Å². The molecule has 57 valence electrons. The van der Waals surface area contributed by atoms with Gasteiger partial charge in [-0.3, -0.25) is 0 Å². The maximum atomic E-state index is 3.62. The van der Waals surface area contributed by atoms with E-state index < -0.39 is 0 Å². The van der Waals surface area contributed by atoms with Crippen molar-refractivity contribution >= 4 is 22.6 Å². The lowest BCUT2D eigenvalue weighted by atomic mass is 10.1. The third-order valence-corrected chi connectivity index (χ3v) is 2.19. The van der Waals surface area contributed by atoms with Crippen LogP contribution in [0.5, 0.6) is 0 Å². The molecule has 0 saturated heterocycles. The maximum Gasteiger partial charge on any atom is 0.0139 e. The Morgan fingerprint density at radius 1 is 1.45 bits per heavy atom. The van der Waals surface area contributed by atoms with Crippen molar-refractivity contribution in [2.24, 2.45) is 0 Å². The first-order chi connectivity index (χ1) is 5.26. The molecule has 0 unspecified atom stereocenters. The Balaban J connectivity index is 3.11. The van der Waals surface area contributed by atoms with Crippen LogP contribution in [0.25, 0.3) is 0 Å². The Bertz CT molecular complexity index is 264. The van der Waals surface area contributed by atoms with Crippen LogP contribution in [0.2, 0.25) is 0 Å². The monoisotopic (exact) mass is 257 g/mol. The lowest BCUT2D eigenvalue weighted by Crippen LogP contribution is -1.84. The molecule has 1 aromatic carbocycles. The molecule has 0 atom stereocenters. The van der Waals surface area contributed by atoms with E-state index in [1.807, 2.05) is 0 Å². The van der Waals surface area contributed by atoms with Crippen LogP contribution >= 0.6 is 22.6 Å². The molecule has 0 nitrogen and oxygen atoms in total. The molecule has 11 heavy (non-hydrogen) atoms. The van der Waals surface area contributed by atoms with Gasteiger partial charge in [-0.2, -0.15) is 0 Å². The summed E-state index contributed by atoms with van der Waals surface area (Å²) in [5, 5.41) is 0. The third-order valence-electron chi connectivity index (χ3n) is 1.57. The van der Waals surface area contributed by atoms with E-state index in [0.717, 1.165) is 12.0 Å². The Kier molecular flexibility index (Phi) is 3.12. The standard InChI is InChI=1S/C10H10I/c1-3-8-5-9(4-2)7-10(11)6-8/h5-7H,1,4H2,2H3. The normalized spacial score (nSPS) is 9.64. The van der Waals surface area contributed by atoms with Gasteiger partial charge in [-0.15, -0.1) is 0 Å². The molecule has 0 bridgehead atoms. The first-order valence-corrected chi connectivity index (χ1v) is 4.66. The fraction of sp³-hybridized carbons (Fsp3) is 0.200. The average Bonchev–Trinajstić information content (AvgIpc) is 2.03. The highest BCUT2D eigenvalue weighted by atomic mass is 127. The van der Waals surface area contributed by atoms with E-state index in [2.05, 4.69) is 60.4 Å². The molecular formula is C10H10I. The summed E-state index contributed by atoms with van der Waals surface area (Å²) >= 11 is 2.31. The summed E-state index contributed by atoms with van der Waals surface area (Å²) in [5.74, 6) is 0. The zero-order chi connectivity index (χ0) is 8.27. The number of aryl methyl sites for hydroxylation is 1. The summed E-state index contributed by atoms with van der Waals surface area (Å²) in [6, 6.07) is 6.38. The number of hydrogen-bond donors (Lipinski definition) is 0. The summed E-state index contributed by atoms with van der Waals surface area (Å²) in [6.45, 7) is 5.77. The predicted molar refractivity (Wildman–Crippen MR) is 56.5 cm³/mol. The molecule has 0 aliphatic rings. The van der Waals surface area contributed by atoms with Gasteiger partial charge in [0.15, 0.2) is 0 Å². The number of benzene rings is 1. The molecule has 0 amide bonds. The summed E-state index contributed by atoms with van der Waals surface area (Å²) in [4.78, 5) is 0. The van der Waals surface area contributed by atoms with Crippen LogP contribution in [0, 0.1) is 9.65 Å². The molecular weight excluding hydrogens is 247 g/mol. The summed E-state index contributed by atoms with van der Waals surface area (Å²) in [6.07, 6.45) is 3.96. The molecule has 0 spiro atoms. The molecule has 0 heterocycles. The van der Waals surface area contributed by atoms with E-state index in [9.17, 15) is 0 Å². The van der Waals surface area contributed by atoms with Crippen molar-refractivity contribution < 1.29 is 0 Å². The van der Waals surface area contributed by atoms with Crippen LogP contribution in [0.1, 0.15) is 18.1 Å². The number of hydrogen-bond acceptors (Lipinski definition) is 0. The highest BCUT2D eigenvalue weighted by Crippen LogP contribution is 2.12. The molecule has 0 aromatic heterocycles. The molecule has 1 rings (SSSR count). The first-order valence-electron chi connectivity index (χ1n) is 3.59. The van der Waals surface area contributed by atoms with Crippen molar-refractivity contribution in [1.82, 2.24) is 0 Å². The van der Waals surface area contributed by atoms with Crippen LogP contribution in [-0.4, -0.2) is 0 Å². The molecule has 0 aliphatic heterocycles. The molecule has 0 fully saturated rings. The summed E-state index contributed by atoms with van der Waals surface area (Å²) < 4.78 is 1.26. The zero-order valence-electron chi connectivity index (χ0n) is 6.52. The van der Waals surface area contributed by atoms with Gasteiger partial charge in [0.1, 0.15) is 0 Å². The van der Waals surface area contributed by atoms with Gasteiger partial charge >= 0.3 is 0 Å². The Hall–Kier alpha value is -0.310. The van der Waals surface area contributed by atoms with Crippen LogP contribution in [0.4, 0.5) is 0 Å². The minimum atomic E-state index is 1.07. The lowest BCUT2D eigenvalue weighted by molar-refractivity contribution is 1.13. The van der Waals surface area contributed by atoms with Crippen molar-refractivity contribution in [3.8, 4) is 0 Å². The second-order valence-corrected chi connectivity index (χ2v) is 3.62. The molecule has 0 aliphatic carbocycles. The van der Waals surface area contributed by atoms with Crippen molar-refractivity contribution in [2.75, 3.05) is 0 Å². The molecule has 1 heteroatoms. The highest BCUT2D eigenvalue weighted by molar-refractivity contribution is 14.1. The van der Waals surface area contributed by atoms with Crippen molar-refractivity contribution in [2.45, 2.75) is 13.3 Å². The van der Waals surface area contributed by atoms with Gasteiger partial charge in [-0.1, -0.05) is 19.6 Å². The molecule has 0 saturated carbocycles. The van der Waals surface area contributed by atoms with E-state index in [1.165, 1.54) is 9.13 Å². The molecule has 1 aromatic rings. The molecule has 0 N–H and O–H groups in total. The van der Waals surface area contributed by atoms with E-state index in [1.54, 1.807) is 0 Å². The van der Waals surface area contributed by atoms with Crippen molar-refractivity contribution in [3.05, 3.63) is 45.6 Å². The van der Waals surface area contributed by atoms with E-state index >= 15 is 0 Å². The van der Waals surface area contributed by atoms with Crippen LogP contribution in [-0.2, 0) is 6.42 Å². The summed E-state index contributed by atoms with van der Waals surface area (Å²) in [5.41, 5.74) is 2.44. The predicted octanol–water partition coefficient (Wildman–Crippen LogP) is 3.19. The Morgan fingerprint density at radius 3 is 2.73 bits per heavy atom. The zero-order valence-corrected chi connectivity index (χ0v) is 8.68. The summed E-state index contributed by atoms with van der Waals surface area (Å²) in [7, 11) is 0. The van der Waals surface area contributed by atoms with Crippen LogP contribution < -0.4 is 0 Å². The van der Waals surface area contributed by atoms with E-state index in [-0.39, 0.29) is 0 Å². The largest absolute Gasteiger partial charge is 0.0906 e. The van der Waals surface area contributed by atoms with Gasteiger partial charge in [-0.05, 0) is 58.3 Å². The topological polar surface area (TPSA) is 0 Å². The SMILES string of the molecule is C=[C]c1cc(I)cc(CC)c1. The minimum absolute atomic E-state index is 1.07. The minimum Gasteiger partial charge on any atom is -0.0906 e. The van der Waals surface area contributed by atoms with E-state index in [0.29, 0.717) is 0 Å². The van der Waals surface area contributed by atoms with Crippen molar-refractivity contribution in [3.63, 3.8) is 0 Å². The van der Waals surface area contributed by atoms with Crippen LogP contribution in [0.15, 0.2) is 24.8 Å². The van der Waals surface area contributed by atoms with E-state index in [4.69, 9.17) is 0 Å². The van der Waals surface area contributed by atoms with Gasteiger partial charge in [0, 0.05) is 3.57 Å². The number of rotatable bonds is 2. The average molecular weight is 257 g/mol. The maximum absolute atomic E-state index is 3.62. The Morgan fingerprint density at radius 2 is 2.18 bits per heavy atom. The van der Waals surface area contributed by atoms with Crippen molar-refractivity contribution in [1.29, 1.82) is 0 Å². The quantitative estimate of drug-likeness (QED) is 0.714. The van der Waals surface area contributed by atoms with Gasteiger partial charge in [-0.25, -0.2) is 0 Å². The first kappa shape index (κ1) is 8.78.